The fraction of sp³-hybridized carbons (Fsp3) is 0.217. The number of fused-ring (bicyclic) bond motifs is 1. The summed E-state index contributed by atoms with van der Waals surface area (Å²) in [5, 5.41) is 6.67. The molecule has 0 saturated carbocycles. The number of carbonyl (C=O) groups excluding carboxylic acids is 2. The summed E-state index contributed by atoms with van der Waals surface area (Å²) in [6.45, 7) is 1.94. The average Bonchev–Trinajstić information content (AvgIpc) is 3.11. The number of benzene rings is 2. The molecule has 0 radical (unpaired) electrons. The highest BCUT2D eigenvalue weighted by Crippen LogP contribution is 2.32. The predicted molar refractivity (Wildman–Crippen MR) is 120 cm³/mol. The van der Waals surface area contributed by atoms with E-state index in [0.717, 1.165) is 28.4 Å². The van der Waals surface area contributed by atoms with Gasteiger partial charge in [0.2, 0.25) is 5.91 Å². The van der Waals surface area contributed by atoms with E-state index in [-0.39, 0.29) is 35.6 Å². The van der Waals surface area contributed by atoms with Crippen molar-refractivity contribution in [2.24, 2.45) is 0 Å². The minimum atomic E-state index is -0.586. The second kappa shape index (κ2) is 8.92. The first-order valence-corrected chi connectivity index (χ1v) is 10.5. The number of aryl methyl sites for hydroxylation is 1. The summed E-state index contributed by atoms with van der Waals surface area (Å²) in [5.41, 5.74) is 1.96. The van der Waals surface area contributed by atoms with Crippen LogP contribution >= 0.6 is 11.6 Å². The summed E-state index contributed by atoms with van der Waals surface area (Å²) in [6, 6.07) is 14.2. The third-order valence-corrected chi connectivity index (χ3v) is 5.56. The van der Waals surface area contributed by atoms with E-state index in [9.17, 15) is 18.8 Å². The molecule has 2 heterocycles. The zero-order chi connectivity index (χ0) is 22.8. The van der Waals surface area contributed by atoms with Crippen molar-refractivity contribution in [3.63, 3.8) is 0 Å². The van der Waals surface area contributed by atoms with Gasteiger partial charge >= 0.3 is 0 Å². The van der Waals surface area contributed by atoms with E-state index in [0.29, 0.717) is 5.69 Å². The molecule has 0 saturated heterocycles. The molecule has 0 aliphatic carbocycles. The van der Waals surface area contributed by atoms with Crippen LogP contribution in [-0.4, -0.2) is 27.6 Å². The Labute approximate surface area is 188 Å². The lowest BCUT2D eigenvalue weighted by atomic mass is 10.1. The zero-order valence-corrected chi connectivity index (χ0v) is 18.0. The summed E-state index contributed by atoms with van der Waals surface area (Å²) in [7, 11) is 0. The Balaban J connectivity index is 1.47. The summed E-state index contributed by atoms with van der Waals surface area (Å²) in [6.07, 6.45) is 0.678. The molecule has 1 aliphatic heterocycles. The monoisotopic (exact) mass is 454 g/mol. The van der Waals surface area contributed by atoms with Crippen LogP contribution in [0.25, 0.3) is 0 Å². The van der Waals surface area contributed by atoms with E-state index >= 15 is 0 Å². The maximum absolute atomic E-state index is 13.2. The van der Waals surface area contributed by atoms with Gasteiger partial charge in [-0.1, -0.05) is 29.8 Å². The normalized spacial score (nSPS) is 14.8. The van der Waals surface area contributed by atoms with Crippen LogP contribution < -0.4 is 15.8 Å². The van der Waals surface area contributed by atoms with Crippen molar-refractivity contribution in [2.45, 2.75) is 32.4 Å². The standard InChI is InChI=1S/C23H20ClFN4O3/c1-14-12-15-4-2-3-5-20(15)29(14)23(32)19-8-9-22(31)28(27-19)11-10-21(30)26-16-6-7-18(25)17(24)13-16/h2-9,13-14H,10-12H2,1H3,(H,26,30)/t14-/m0/s1. The number of carbonyl (C=O) groups is 2. The molecule has 1 atom stereocenters. The second-order valence-electron chi connectivity index (χ2n) is 7.56. The SMILES string of the molecule is C[C@H]1Cc2ccccc2N1C(=O)c1ccc(=O)n(CCC(=O)Nc2ccc(F)c(Cl)c2)n1. The molecule has 2 amide bonds. The molecule has 0 spiro atoms. The van der Waals surface area contributed by atoms with Gasteiger partial charge in [-0.15, -0.1) is 0 Å². The Morgan fingerprint density at radius 2 is 1.97 bits per heavy atom. The van der Waals surface area contributed by atoms with Crippen molar-refractivity contribution in [3.05, 3.63) is 87.0 Å². The molecule has 1 aromatic heterocycles. The first-order chi connectivity index (χ1) is 15.3. The molecular formula is C23H20ClFN4O3. The number of nitrogens with one attached hydrogen (secondary N) is 1. The fourth-order valence-electron chi connectivity index (χ4n) is 3.73. The molecule has 9 heteroatoms. The number of halogens is 2. The van der Waals surface area contributed by atoms with Gasteiger partial charge in [0.25, 0.3) is 11.5 Å². The highest BCUT2D eigenvalue weighted by atomic mass is 35.5. The van der Waals surface area contributed by atoms with Crippen molar-refractivity contribution >= 4 is 34.8 Å². The van der Waals surface area contributed by atoms with Crippen molar-refractivity contribution in [2.75, 3.05) is 10.2 Å². The molecule has 3 aromatic rings. The molecule has 7 nitrogen and oxygen atoms in total. The highest BCUT2D eigenvalue weighted by molar-refractivity contribution is 6.31. The van der Waals surface area contributed by atoms with Crippen LogP contribution in [0, 0.1) is 5.82 Å². The number of para-hydroxylation sites is 1. The smallest absolute Gasteiger partial charge is 0.278 e. The molecule has 0 bridgehead atoms. The van der Waals surface area contributed by atoms with Gasteiger partial charge in [-0.2, -0.15) is 5.10 Å². The summed E-state index contributed by atoms with van der Waals surface area (Å²) in [4.78, 5) is 39.3. The number of nitrogens with zero attached hydrogens (tertiary/aromatic N) is 3. The third-order valence-electron chi connectivity index (χ3n) is 5.27. The van der Waals surface area contributed by atoms with Crippen molar-refractivity contribution < 1.29 is 14.0 Å². The lowest BCUT2D eigenvalue weighted by Gasteiger charge is -2.22. The van der Waals surface area contributed by atoms with E-state index in [2.05, 4.69) is 10.4 Å². The Morgan fingerprint density at radius 3 is 2.75 bits per heavy atom. The number of hydrogen-bond acceptors (Lipinski definition) is 4. The van der Waals surface area contributed by atoms with Crippen LogP contribution in [-0.2, 0) is 17.8 Å². The Kier molecular flexibility index (Phi) is 6.05. The van der Waals surface area contributed by atoms with Gasteiger partial charge < -0.3 is 10.2 Å². The first kappa shape index (κ1) is 21.7. The van der Waals surface area contributed by atoms with Crippen LogP contribution in [0.3, 0.4) is 0 Å². The van der Waals surface area contributed by atoms with Crippen LogP contribution in [0.2, 0.25) is 5.02 Å². The van der Waals surface area contributed by atoms with E-state index in [1.165, 1.54) is 24.3 Å². The quantitative estimate of drug-likeness (QED) is 0.637. The summed E-state index contributed by atoms with van der Waals surface area (Å²) in [5.74, 6) is -1.29. The number of aromatic nitrogens is 2. The van der Waals surface area contributed by atoms with E-state index < -0.39 is 17.3 Å². The van der Waals surface area contributed by atoms with Crippen molar-refractivity contribution in [1.82, 2.24) is 9.78 Å². The number of hydrogen-bond donors (Lipinski definition) is 1. The fourth-order valence-corrected chi connectivity index (χ4v) is 3.91. The minimum absolute atomic E-state index is 0.0210. The zero-order valence-electron chi connectivity index (χ0n) is 17.2. The largest absolute Gasteiger partial charge is 0.326 e. The molecule has 1 aliphatic rings. The number of rotatable bonds is 5. The molecule has 1 N–H and O–H groups in total. The highest BCUT2D eigenvalue weighted by Gasteiger charge is 2.32. The maximum atomic E-state index is 13.2. The summed E-state index contributed by atoms with van der Waals surface area (Å²) < 4.78 is 14.3. The summed E-state index contributed by atoms with van der Waals surface area (Å²) >= 11 is 5.72. The molecule has 164 valence electrons. The van der Waals surface area contributed by atoms with Gasteiger partial charge in [-0.05, 0) is 49.2 Å². The van der Waals surface area contributed by atoms with Gasteiger partial charge in [0.1, 0.15) is 11.5 Å². The predicted octanol–water partition coefficient (Wildman–Crippen LogP) is 3.66. The number of anilines is 2. The van der Waals surface area contributed by atoms with Gasteiger partial charge in [-0.25, -0.2) is 9.07 Å². The third kappa shape index (κ3) is 4.40. The van der Waals surface area contributed by atoms with Crippen LogP contribution in [0.4, 0.5) is 15.8 Å². The lowest BCUT2D eigenvalue weighted by Crippen LogP contribution is -2.37. The van der Waals surface area contributed by atoms with E-state index in [4.69, 9.17) is 11.6 Å². The maximum Gasteiger partial charge on any atom is 0.278 e. The van der Waals surface area contributed by atoms with Crippen LogP contribution in [0.5, 0.6) is 0 Å². The molecule has 2 aromatic carbocycles. The van der Waals surface area contributed by atoms with E-state index in [1.54, 1.807) is 4.90 Å². The van der Waals surface area contributed by atoms with Gasteiger partial charge in [0.15, 0.2) is 0 Å². The van der Waals surface area contributed by atoms with E-state index in [1.807, 2.05) is 31.2 Å². The van der Waals surface area contributed by atoms with Crippen molar-refractivity contribution in [1.29, 1.82) is 0 Å². The molecule has 0 unspecified atom stereocenters. The molecular weight excluding hydrogens is 435 g/mol. The Hall–Kier alpha value is -3.52. The Morgan fingerprint density at radius 1 is 1.19 bits per heavy atom. The van der Waals surface area contributed by atoms with Gasteiger partial charge in [0.05, 0.1) is 11.6 Å². The molecule has 4 rings (SSSR count). The van der Waals surface area contributed by atoms with Crippen LogP contribution in [0.15, 0.2) is 59.4 Å². The van der Waals surface area contributed by atoms with Crippen molar-refractivity contribution in [3.8, 4) is 0 Å². The lowest BCUT2D eigenvalue weighted by molar-refractivity contribution is -0.116. The minimum Gasteiger partial charge on any atom is -0.326 e. The van der Waals surface area contributed by atoms with Gasteiger partial charge in [0, 0.05) is 29.9 Å². The molecule has 0 fully saturated rings. The second-order valence-corrected chi connectivity index (χ2v) is 7.97. The van der Waals surface area contributed by atoms with Crippen LogP contribution in [0.1, 0.15) is 29.4 Å². The average molecular weight is 455 g/mol. The first-order valence-electron chi connectivity index (χ1n) is 10.1. The van der Waals surface area contributed by atoms with Gasteiger partial charge in [-0.3, -0.25) is 14.4 Å². The molecule has 32 heavy (non-hydrogen) atoms. The Bertz CT molecular complexity index is 1260. The number of amides is 2. The topological polar surface area (TPSA) is 84.3 Å².